The Morgan fingerprint density at radius 1 is 1.09 bits per heavy atom. The Bertz CT molecular complexity index is 1140. The number of para-hydroxylation sites is 1. The molecular weight excluding hydrogens is 413 g/mol. The van der Waals surface area contributed by atoms with E-state index in [0.29, 0.717) is 11.5 Å². The molecule has 1 aromatic heterocycles. The quantitative estimate of drug-likeness (QED) is 0.567. The average molecular weight is 438 g/mol. The van der Waals surface area contributed by atoms with E-state index < -0.39 is 17.8 Å². The number of hydrogen-bond acceptors (Lipinski definition) is 3. The van der Waals surface area contributed by atoms with Crippen LogP contribution in [-0.4, -0.2) is 34.1 Å². The lowest BCUT2D eigenvalue weighted by Gasteiger charge is -2.50. The average Bonchev–Trinajstić information content (AvgIpc) is 2.82. The minimum atomic E-state index is -4.33. The third-order valence-electron chi connectivity index (χ3n) is 6.97. The molecule has 6 rings (SSSR count). The maximum atomic E-state index is 13.0. The van der Waals surface area contributed by atoms with Crippen molar-refractivity contribution in [2.45, 2.75) is 31.2 Å². The van der Waals surface area contributed by atoms with E-state index >= 15 is 0 Å². The van der Waals surface area contributed by atoms with Crippen LogP contribution in [0.2, 0.25) is 0 Å². The van der Waals surface area contributed by atoms with Crippen LogP contribution in [0.5, 0.6) is 0 Å². The summed E-state index contributed by atoms with van der Waals surface area (Å²) in [6.07, 6.45) is 2.59. The van der Waals surface area contributed by atoms with Gasteiger partial charge in [0.2, 0.25) is 0 Å². The molecule has 0 spiro atoms. The molecule has 2 aromatic carbocycles. The molecule has 3 saturated heterocycles. The third kappa shape index (κ3) is 4.05. The summed E-state index contributed by atoms with van der Waals surface area (Å²) >= 11 is 0. The first-order valence-corrected chi connectivity index (χ1v) is 11.0. The molecule has 0 radical (unpaired) electrons. The van der Waals surface area contributed by atoms with Gasteiger partial charge in [0.1, 0.15) is 0 Å². The minimum Gasteiger partial charge on any atom is -0.387 e. The first-order valence-electron chi connectivity index (χ1n) is 11.0. The van der Waals surface area contributed by atoms with E-state index in [1.807, 2.05) is 36.4 Å². The predicted molar refractivity (Wildman–Crippen MR) is 119 cm³/mol. The van der Waals surface area contributed by atoms with E-state index in [1.54, 1.807) is 12.3 Å². The Labute approximate surface area is 185 Å². The van der Waals surface area contributed by atoms with Crippen molar-refractivity contribution in [2.24, 2.45) is 11.8 Å². The third-order valence-corrected chi connectivity index (χ3v) is 6.97. The Kier molecular flexibility index (Phi) is 5.51. The number of alkyl halides is 3. The summed E-state index contributed by atoms with van der Waals surface area (Å²) in [6.45, 7) is 1.74. The maximum absolute atomic E-state index is 13.0. The zero-order valence-electron chi connectivity index (χ0n) is 17.5. The molecule has 1 unspecified atom stereocenters. The Morgan fingerprint density at radius 3 is 2.72 bits per heavy atom. The zero-order valence-corrected chi connectivity index (χ0v) is 17.5. The van der Waals surface area contributed by atoms with Crippen LogP contribution in [0, 0.1) is 11.8 Å². The number of piperidine rings is 3. The monoisotopic (exact) mass is 438 g/mol. The number of nitrogens with zero attached hydrogens (tertiary/aromatic N) is 2. The van der Waals surface area contributed by atoms with E-state index in [0.717, 1.165) is 48.5 Å². The summed E-state index contributed by atoms with van der Waals surface area (Å²) in [5.41, 5.74) is 1.73. The van der Waals surface area contributed by atoms with Gasteiger partial charge in [0.15, 0.2) is 0 Å². The van der Waals surface area contributed by atoms with Gasteiger partial charge in [0.05, 0.1) is 17.2 Å². The molecule has 5 atom stereocenters. The van der Waals surface area contributed by atoms with Gasteiger partial charge in [-0.25, -0.2) is 0 Å². The highest BCUT2D eigenvalue weighted by Crippen LogP contribution is 2.42. The Hall–Kier alpha value is -2.70. The first kappa shape index (κ1) is 21.2. The van der Waals surface area contributed by atoms with Gasteiger partial charge in [-0.2, -0.15) is 13.2 Å². The number of aliphatic hydroxyl groups excluding tert-OH is 1. The van der Waals surface area contributed by atoms with Crippen molar-refractivity contribution in [3.63, 3.8) is 0 Å². The number of pyridine rings is 1. The SMILES string of the molecule is O[C@H](c1ccnc2ccccc12)[C@@H]1C[C@@H]2CCN1C[C@@H]2/C=C/c1cccc(C(F)(F)F)c1. The molecule has 3 aliphatic rings. The standard InChI is InChI=1S/C26H25F3N2O/c27-26(28,29)20-5-3-4-17(14-20)8-9-19-16-31-13-11-18(19)15-24(31)25(32)22-10-12-30-23-7-2-1-6-21(22)23/h1-10,12,14,18-19,24-25,32H,11,13,15-16H2/b9-8+/t18-,19-,24-,25+/m0/s1. The normalized spacial score (nSPS) is 26.6. The number of aromatic nitrogens is 1. The molecule has 0 amide bonds. The van der Waals surface area contributed by atoms with Crippen LogP contribution >= 0.6 is 0 Å². The summed E-state index contributed by atoms with van der Waals surface area (Å²) in [5, 5.41) is 12.3. The lowest BCUT2D eigenvalue weighted by atomic mass is 9.73. The molecule has 0 saturated carbocycles. The predicted octanol–water partition coefficient (Wildman–Crippen LogP) is 5.71. The van der Waals surface area contributed by atoms with Crippen molar-refractivity contribution in [3.8, 4) is 0 Å². The Balaban J connectivity index is 1.32. The number of hydrogen-bond donors (Lipinski definition) is 1. The maximum Gasteiger partial charge on any atom is 0.416 e. The van der Waals surface area contributed by atoms with Crippen LogP contribution < -0.4 is 0 Å². The van der Waals surface area contributed by atoms with Crippen LogP contribution in [-0.2, 0) is 6.18 Å². The van der Waals surface area contributed by atoms with E-state index in [9.17, 15) is 18.3 Å². The van der Waals surface area contributed by atoms with Crippen molar-refractivity contribution in [2.75, 3.05) is 13.1 Å². The number of benzene rings is 2. The molecule has 6 heteroatoms. The summed E-state index contributed by atoms with van der Waals surface area (Å²) in [6, 6.07) is 15.2. The fourth-order valence-corrected chi connectivity index (χ4v) is 5.29. The van der Waals surface area contributed by atoms with Crippen LogP contribution in [0.25, 0.3) is 17.0 Å². The largest absolute Gasteiger partial charge is 0.416 e. The lowest BCUT2D eigenvalue weighted by molar-refractivity contribution is -0.137. The van der Waals surface area contributed by atoms with Gasteiger partial charge in [-0.15, -0.1) is 0 Å². The van der Waals surface area contributed by atoms with Crippen LogP contribution in [0.15, 0.2) is 66.9 Å². The van der Waals surface area contributed by atoms with Gasteiger partial charge in [0, 0.05) is 24.2 Å². The van der Waals surface area contributed by atoms with E-state index in [1.165, 1.54) is 12.1 Å². The molecule has 3 aromatic rings. The second-order valence-electron chi connectivity index (χ2n) is 8.86. The minimum absolute atomic E-state index is 0.0396. The molecule has 4 heterocycles. The molecule has 32 heavy (non-hydrogen) atoms. The number of fused-ring (bicyclic) bond motifs is 4. The molecule has 2 bridgehead atoms. The molecule has 166 valence electrons. The summed E-state index contributed by atoms with van der Waals surface area (Å²) in [4.78, 5) is 6.73. The fraction of sp³-hybridized carbons (Fsp3) is 0.346. The molecule has 1 N–H and O–H groups in total. The molecular formula is C26H25F3N2O. The molecule has 0 aliphatic carbocycles. The number of rotatable bonds is 4. The molecule has 3 aliphatic heterocycles. The number of halogens is 3. The zero-order chi connectivity index (χ0) is 22.3. The van der Waals surface area contributed by atoms with E-state index in [-0.39, 0.29) is 12.0 Å². The smallest absolute Gasteiger partial charge is 0.387 e. The van der Waals surface area contributed by atoms with Crippen molar-refractivity contribution >= 4 is 17.0 Å². The summed E-state index contributed by atoms with van der Waals surface area (Å²) in [7, 11) is 0. The number of aliphatic hydroxyl groups is 1. The van der Waals surface area contributed by atoms with Crippen LogP contribution in [0.1, 0.15) is 35.6 Å². The Morgan fingerprint density at radius 2 is 1.94 bits per heavy atom. The topological polar surface area (TPSA) is 36.4 Å². The highest BCUT2D eigenvalue weighted by Gasteiger charge is 2.42. The van der Waals surface area contributed by atoms with Gasteiger partial charge in [-0.05, 0) is 66.6 Å². The van der Waals surface area contributed by atoms with Crippen molar-refractivity contribution in [1.82, 2.24) is 9.88 Å². The molecule has 3 fully saturated rings. The van der Waals surface area contributed by atoms with Crippen molar-refractivity contribution < 1.29 is 18.3 Å². The fourth-order valence-electron chi connectivity index (χ4n) is 5.29. The highest BCUT2D eigenvalue weighted by atomic mass is 19.4. The van der Waals surface area contributed by atoms with Crippen molar-refractivity contribution in [3.05, 3.63) is 83.6 Å². The van der Waals surface area contributed by atoms with Gasteiger partial charge in [0.25, 0.3) is 0 Å². The van der Waals surface area contributed by atoms with Gasteiger partial charge >= 0.3 is 6.18 Å². The van der Waals surface area contributed by atoms with Crippen LogP contribution in [0.4, 0.5) is 13.2 Å². The first-order chi connectivity index (χ1) is 15.4. The van der Waals surface area contributed by atoms with Gasteiger partial charge in [-0.3, -0.25) is 9.88 Å². The second-order valence-corrected chi connectivity index (χ2v) is 8.86. The van der Waals surface area contributed by atoms with E-state index in [2.05, 4.69) is 16.0 Å². The lowest BCUT2D eigenvalue weighted by Crippen LogP contribution is -2.54. The highest BCUT2D eigenvalue weighted by molar-refractivity contribution is 5.82. The van der Waals surface area contributed by atoms with Gasteiger partial charge in [-0.1, -0.05) is 42.5 Å². The molecule has 3 nitrogen and oxygen atoms in total. The summed E-state index contributed by atoms with van der Waals surface area (Å²) in [5.74, 6) is 0.686. The van der Waals surface area contributed by atoms with Gasteiger partial charge < -0.3 is 5.11 Å². The van der Waals surface area contributed by atoms with E-state index in [4.69, 9.17) is 0 Å². The van der Waals surface area contributed by atoms with Crippen LogP contribution in [0.3, 0.4) is 0 Å². The summed E-state index contributed by atoms with van der Waals surface area (Å²) < 4.78 is 38.9. The second kappa shape index (κ2) is 8.34. The van der Waals surface area contributed by atoms with Crippen molar-refractivity contribution in [1.29, 1.82) is 0 Å².